The van der Waals surface area contributed by atoms with Gasteiger partial charge >= 0.3 is 5.97 Å². The largest absolute Gasteiger partial charge is 0.468 e. The van der Waals surface area contributed by atoms with Gasteiger partial charge in [-0.25, -0.2) is 13.2 Å². The monoisotopic (exact) mass is 347 g/mol. The summed E-state index contributed by atoms with van der Waals surface area (Å²) >= 11 is 0. The first-order valence-corrected chi connectivity index (χ1v) is 8.59. The molecule has 6 nitrogen and oxygen atoms in total. The topological polar surface area (TPSA) is 89.5 Å². The summed E-state index contributed by atoms with van der Waals surface area (Å²) in [5.41, 5.74) is 0.870. The van der Waals surface area contributed by atoms with Crippen LogP contribution in [0.1, 0.15) is 28.9 Å². The van der Waals surface area contributed by atoms with E-state index in [9.17, 15) is 18.0 Å². The number of hydrogen-bond acceptors (Lipinski definition) is 5. The lowest BCUT2D eigenvalue weighted by Gasteiger charge is -2.17. The van der Waals surface area contributed by atoms with Crippen molar-refractivity contribution in [1.82, 2.24) is 4.72 Å². The first kappa shape index (κ1) is 17.8. The van der Waals surface area contributed by atoms with Crippen molar-refractivity contribution in [3.05, 3.63) is 65.7 Å². The summed E-state index contributed by atoms with van der Waals surface area (Å²) in [6.45, 7) is 1.39. The Labute approximate surface area is 140 Å². The van der Waals surface area contributed by atoms with Crippen LogP contribution in [-0.4, -0.2) is 27.3 Å². The van der Waals surface area contributed by atoms with Gasteiger partial charge in [0, 0.05) is 5.56 Å². The van der Waals surface area contributed by atoms with Crippen molar-refractivity contribution in [3.8, 4) is 0 Å². The van der Waals surface area contributed by atoms with Gasteiger partial charge in [-0.3, -0.25) is 4.79 Å². The quantitative estimate of drug-likeness (QED) is 0.638. The van der Waals surface area contributed by atoms with Gasteiger partial charge in [-0.1, -0.05) is 42.5 Å². The number of ketones is 1. The van der Waals surface area contributed by atoms with Gasteiger partial charge in [-0.2, -0.15) is 4.72 Å². The molecule has 0 heterocycles. The molecule has 0 spiro atoms. The zero-order valence-electron chi connectivity index (χ0n) is 13.2. The summed E-state index contributed by atoms with van der Waals surface area (Å²) in [5.74, 6) is -0.881. The SMILES string of the molecule is COC(=O)C(NS(=O)(=O)c1ccc(C(C)=O)cc1)c1ccccc1. The molecule has 0 aliphatic heterocycles. The van der Waals surface area contributed by atoms with Crippen LogP contribution in [0.25, 0.3) is 0 Å². The Hall–Kier alpha value is -2.51. The lowest BCUT2D eigenvalue weighted by Crippen LogP contribution is -2.34. The molecule has 0 aliphatic rings. The number of hydrogen-bond donors (Lipinski definition) is 1. The average molecular weight is 347 g/mol. The third-order valence-corrected chi connectivity index (χ3v) is 4.85. The Morgan fingerprint density at radius 3 is 2.08 bits per heavy atom. The molecular weight excluding hydrogens is 330 g/mol. The van der Waals surface area contributed by atoms with Crippen LogP contribution in [0.15, 0.2) is 59.5 Å². The summed E-state index contributed by atoms with van der Waals surface area (Å²) in [4.78, 5) is 23.2. The Bertz CT molecular complexity index is 829. The van der Waals surface area contributed by atoms with Crippen LogP contribution in [-0.2, 0) is 19.6 Å². The van der Waals surface area contributed by atoms with Gasteiger partial charge in [0.05, 0.1) is 12.0 Å². The predicted molar refractivity (Wildman–Crippen MR) is 88.0 cm³/mol. The van der Waals surface area contributed by atoms with Crippen molar-refractivity contribution < 1.29 is 22.7 Å². The minimum Gasteiger partial charge on any atom is -0.468 e. The van der Waals surface area contributed by atoms with Crippen molar-refractivity contribution >= 4 is 21.8 Å². The fourth-order valence-corrected chi connectivity index (χ4v) is 3.28. The lowest BCUT2D eigenvalue weighted by molar-refractivity contribution is -0.142. The molecular formula is C17H17NO5S. The van der Waals surface area contributed by atoms with E-state index in [4.69, 9.17) is 0 Å². The molecule has 1 atom stereocenters. The van der Waals surface area contributed by atoms with Crippen LogP contribution in [0.5, 0.6) is 0 Å². The van der Waals surface area contributed by atoms with Crippen molar-refractivity contribution in [1.29, 1.82) is 0 Å². The van der Waals surface area contributed by atoms with Crippen molar-refractivity contribution in [2.45, 2.75) is 17.9 Å². The minimum absolute atomic E-state index is 0.0441. The average Bonchev–Trinajstić information content (AvgIpc) is 2.60. The second kappa shape index (κ2) is 7.37. The number of rotatable bonds is 6. The maximum absolute atomic E-state index is 12.5. The van der Waals surface area contributed by atoms with Crippen molar-refractivity contribution in [2.24, 2.45) is 0 Å². The van der Waals surface area contributed by atoms with Gasteiger partial charge in [-0.15, -0.1) is 0 Å². The highest BCUT2D eigenvalue weighted by Crippen LogP contribution is 2.19. The standard InChI is InChI=1S/C17H17NO5S/c1-12(19)13-8-10-15(11-9-13)24(21,22)18-16(17(20)23-2)14-6-4-3-5-7-14/h3-11,16,18H,1-2H3. The molecule has 2 aromatic rings. The number of esters is 1. The molecule has 0 fully saturated rings. The zero-order chi connectivity index (χ0) is 17.7. The number of nitrogens with one attached hydrogen (secondary N) is 1. The van der Waals surface area contributed by atoms with Gasteiger partial charge in [-0.05, 0) is 24.6 Å². The van der Waals surface area contributed by atoms with Crippen LogP contribution < -0.4 is 4.72 Å². The number of Topliss-reactive ketones (excluding diaryl/α,β-unsaturated/α-hetero) is 1. The van der Waals surface area contributed by atoms with E-state index in [2.05, 4.69) is 9.46 Å². The molecule has 1 unspecified atom stereocenters. The maximum atomic E-state index is 12.5. The van der Waals surface area contributed by atoms with E-state index in [1.54, 1.807) is 30.3 Å². The number of benzene rings is 2. The van der Waals surface area contributed by atoms with Gasteiger partial charge in [0.1, 0.15) is 6.04 Å². The highest BCUT2D eigenvalue weighted by Gasteiger charge is 2.27. The molecule has 2 aromatic carbocycles. The molecule has 1 N–H and O–H groups in total. The number of carbonyl (C=O) groups is 2. The Balaban J connectivity index is 2.33. The van der Waals surface area contributed by atoms with E-state index in [1.807, 2.05) is 0 Å². The lowest BCUT2D eigenvalue weighted by atomic mass is 10.1. The normalized spacial score (nSPS) is 12.4. The van der Waals surface area contributed by atoms with Crippen LogP contribution >= 0.6 is 0 Å². The van der Waals surface area contributed by atoms with Gasteiger partial charge < -0.3 is 4.74 Å². The maximum Gasteiger partial charge on any atom is 0.328 e. The molecule has 0 aromatic heterocycles. The third-order valence-electron chi connectivity index (χ3n) is 3.41. The fraction of sp³-hybridized carbons (Fsp3) is 0.176. The van der Waals surface area contributed by atoms with E-state index in [0.29, 0.717) is 11.1 Å². The molecule has 0 aliphatic carbocycles. The van der Waals surface area contributed by atoms with Crippen molar-refractivity contribution in [3.63, 3.8) is 0 Å². The number of carbonyl (C=O) groups excluding carboxylic acids is 2. The minimum atomic E-state index is -3.97. The Kier molecular flexibility index (Phi) is 5.48. The molecule has 7 heteroatoms. The predicted octanol–water partition coefficient (Wildman–Crippen LogP) is 2.08. The van der Waals surface area contributed by atoms with E-state index in [-0.39, 0.29) is 10.7 Å². The molecule has 0 saturated carbocycles. The second-order valence-corrected chi connectivity index (χ2v) is 6.78. The van der Waals surface area contributed by atoms with E-state index in [0.717, 1.165) is 0 Å². The Morgan fingerprint density at radius 2 is 1.58 bits per heavy atom. The third kappa shape index (κ3) is 4.06. The first-order chi connectivity index (χ1) is 11.3. The molecule has 24 heavy (non-hydrogen) atoms. The smallest absolute Gasteiger partial charge is 0.328 e. The molecule has 0 saturated heterocycles. The molecule has 0 amide bonds. The summed E-state index contributed by atoms with van der Waals surface area (Å²) in [7, 11) is -2.78. The van der Waals surface area contributed by atoms with E-state index >= 15 is 0 Å². The summed E-state index contributed by atoms with van der Waals surface area (Å²) in [6, 6.07) is 12.7. The molecule has 126 valence electrons. The molecule has 2 rings (SSSR count). The number of methoxy groups -OCH3 is 1. The second-order valence-electron chi connectivity index (χ2n) is 5.07. The Morgan fingerprint density at radius 1 is 1.00 bits per heavy atom. The molecule has 0 radical (unpaired) electrons. The van der Waals surface area contributed by atoms with E-state index in [1.165, 1.54) is 38.3 Å². The highest BCUT2D eigenvalue weighted by molar-refractivity contribution is 7.89. The number of sulfonamides is 1. The molecule has 0 bridgehead atoms. The summed E-state index contributed by atoms with van der Waals surface area (Å²) in [6.07, 6.45) is 0. The van der Waals surface area contributed by atoms with Gasteiger partial charge in [0.2, 0.25) is 10.0 Å². The van der Waals surface area contributed by atoms with Gasteiger partial charge in [0.15, 0.2) is 5.78 Å². The zero-order valence-corrected chi connectivity index (χ0v) is 14.0. The summed E-state index contributed by atoms with van der Waals surface area (Å²) < 4.78 is 32.1. The summed E-state index contributed by atoms with van der Waals surface area (Å²) in [5, 5.41) is 0. The van der Waals surface area contributed by atoms with Gasteiger partial charge in [0.25, 0.3) is 0 Å². The van der Waals surface area contributed by atoms with Crippen molar-refractivity contribution in [2.75, 3.05) is 7.11 Å². The highest BCUT2D eigenvalue weighted by atomic mass is 32.2. The van der Waals surface area contributed by atoms with Crippen LogP contribution in [0.2, 0.25) is 0 Å². The van der Waals surface area contributed by atoms with Crippen LogP contribution in [0, 0.1) is 0 Å². The van der Waals surface area contributed by atoms with E-state index < -0.39 is 22.0 Å². The van der Waals surface area contributed by atoms with Crippen LogP contribution in [0.3, 0.4) is 0 Å². The fourth-order valence-electron chi connectivity index (χ4n) is 2.11. The first-order valence-electron chi connectivity index (χ1n) is 7.11. The number of ether oxygens (including phenoxy) is 1. The van der Waals surface area contributed by atoms with Crippen LogP contribution in [0.4, 0.5) is 0 Å².